The summed E-state index contributed by atoms with van der Waals surface area (Å²) in [4.78, 5) is 1.39. The lowest BCUT2D eigenvalue weighted by Crippen LogP contribution is -2.25. The van der Waals surface area contributed by atoms with E-state index in [2.05, 4.69) is 47.1 Å². The molecule has 0 amide bonds. The van der Waals surface area contributed by atoms with Crippen LogP contribution >= 0.6 is 11.3 Å². The Hall–Kier alpha value is -1.16. The fraction of sp³-hybridized carbons (Fsp3) is 0.375. The molecule has 0 spiro atoms. The molecule has 2 heterocycles. The van der Waals surface area contributed by atoms with Gasteiger partial charge in [0.05, 0.1) is 6.10 Å². The predicted octanol–water partition coefficient (Wildman–Crippen LogP) is 3.68. The minimum absolute atomic E-state index is 0.425. The molecule has 1 aromatic carbocycles. The molecule has 19 heavy (non-hydrogen) atoms. The van der Waals surface area contributed by atoms with E-state index < -0.39 is 0 Å². The Bertz CT molecular complexity index is 502. The summed E-state index contributed by atoms with van der Waals surface area (Å²) >= 11 is 1.82. The van der Waals surface area contributed by atoms with Crippen molar-refractivity contribution in [3.63, 3.8) is 0 Å². The molecule has 1 N–H and O–H groups in total. The van der Waals surface area contributed by atoms with E-state index in [1.165, 1.54) is 28.8 Å². The van der Waals surface area contributed by atoms with Crippen LogP contribution in [-0.2, 0) is 11.3 Å². The van der Waals surface area contributed by atoms with Crippen LogP contribution in [0.5, 0.6) is 0 Å². The smallest absolute Gasteiger partial charge is 0.0700 e. The average Bonchev–Trinajstić information content (AvgIpc) is 3.11. The quantitative estimate of drug-likeness (QED) is 0.897. The number of hydrogen-bond acceptors (Lipinski definition) is 3. The van der Waals surface area contributed by atoms with Gasteiger partial charge >= 0.3 is 0 Å². The van der Waals surface area contributed by atoms with Gasteiger partial charge in [-0.3, -0.25) is 0 Å². The second-order valence-electron chi connectivity index (χ2n) is 4.93. The first-order chi connectivity index (χ1) is 9.42. The predicted molar refractivity (Wildman–Crippen MR) is 80.4 cm³/mol. The molecule has 1 fully saturated rings. The van der Waals surface area contributed by atoms with Gasteiger partial charge in [0.1, 0.15) is 0 Å². The van der Waals surface area contributed by atoms with Crippen LogP contribution in [0.4, 0.5) is 0 Å². The van der Waals surface area contributed by atoms with Crippen LogP contribution in [0.15, 0.2) is 41.8 Å². The molecular formula is C16H19NOS. The first-order valence-corrected chi connectivity index (χ1v) is 7.75. The Labute approximate surface area is 118 Å². The van der Waals surface area contributed by atoms with Crippen LogP contribution in [0.3, 0.4) is 0 Å². The van der Waals surface area contributed by atoms with E-state index in [9.17, 15) is 0 Å². The van der Waals surface area contributed by atoms with E-state index in [-0.39, 0.29) is 0 Å². The summed E-state index contributed by atoms with van der Waals surface area (Å²) in [7, 11) is 0. The van der Waals surface area contributed by atoms with Crippen molar-refractivity contribution < 1.29 is 4.74 Å². The molecule has 0 radical (unpaired) electrons. The standard InChI is InChI=1S/C16H19NOS/c1-2-5-13(6-3-1)14-9-16(19-12-14)11-17-10-15-7-4-8-18-15/h1-3,5-6,9,12,15,17H,4,7-8,10-11H2. The summed E-state index contributed by atoms with van der Waals surface area (Å²) in [6.07, 6.45) is 2.84. The molecule has 100 valence electrons. The third-order valence-electron chi connectivity index (χ3n) is 3.46. The van der Waals surface area contributed by atoms with Gasteiger partial charge in [-0.25, -0.2) is 0 Å². The monoisotopic (exact) mass is 273 g/mol. The molecule has 0 saturated carbocycles. The third-order valence-corrected chi connectivity index (χ3v) is 4.39. The molecule has 1 unspecified atom stereocenters. The normalized spacial score (nSPS) is 18.8. The van der Waals surface area contributed by atoms with E-state index in [0.717, 1.165) is 19.7 Å². The summed E-state index contributed by atoms with van der Waals surface area (Å²) in [6.45, 7) is 2.85. The van der Waals surface area contributed by atoms with Crippen molar-refractivity contribution in [2.24, 2.45) is 0 Å². The molecule has 1 aromatic heterocycles. The summed E-state index contributed by atoms with van der Waals surface area (Å²) in [5, 5.41) is 5.73. The highest BCUT2D eigenvalue weighted by Gasteiger charge is 2.14. The average molecular weight is 273 g/mol. The SMILES string of the molecule is c1ccc(-c2csc(CNCC3CCCO3)c2)cc1. The molecule has 2 aromatic rings. The minimum Gasteiger partial charge on any atom is -0.377 e. The van der Waals surface area contributed by atoms with Crippen molar-refractivity contribution in [1.82, 2.24) is 5.32 Å². The fourth-order valence-corrected chi connectivity index (χ4v) is 3.28. The molecule has 2 nitrogen and oxygen atoms in total. The molecule has 0 aliphatic carbocycles. The highest BCUT2D eigenvalue weighted by Crippen LogP contribution is 2.25. The van der Waals surface area contributed by atoms with Crippen molar-refractivity contribution in [3.05, 3.63) is 46.7 Å². The number of nitrogens with one attached hydrogen (secondary N) is 1. The lowest BCUT2D eigenvalue weighted by atomic mass is 10.1. The van der Waals surface area contributed by atoms with Crippen LogP contribution in [0, 0.1) is 0 Å². The Morgan fingerprint density at radius 3 is 2.89 bits per heavy atom. The van der Waals surface area contributed by atoms with E-state index in [1.54, 1.807) is 0 Å². The Morgan fingerprint density at radius 2 is 2.11 bits per heavy atom. The molecular weight excluding hydrogens is 254 g/mol. The van der Waals surface area contributed by atoms with Gasteiger partial charge in [-0.15, -0.1) is 11.3 Å². The molecule has 1 aliphatic heterocycles. The second-order valence-corrected chi connectivity index (χ2v) is 5.93. The maximum Gasteiger partial charge on any atom is 0.0700 e. The highest BCUT2D eigenvalue weighted by molar-refractivity contribution is 7.10. The maximum atomic E-state index is 5.61. The van der Waals surface area contributed by atoms with E-state index in [0.29, 0.717) is 6.10 Å². The number of rotatable bonds is 5. The zero-order valence-electron chi connectivity index (χ0n) is 11.0. The first kappa shape index (κ1) is 12.9. The van der Waals surface area contributed by atoms with E-state index >= 15 is 0 Å². The Balaban J connectivity index is 1.53. The molecule has 1 aliphatic rings. The van der Waals surface area contributed by atoms with Crippen LogP contribution in [0.2, 0.25) is 0 Å². The van der Waals surface area contributed by atoms with Crippen molar-refractivity contribution in [3.8, 4) is 11.1 Å². The first-order valence-electron chi connectivity index (χ1n) is 6.87. The minimum atomic E-state index is 0.425. The number of hydrogen-bond donors (Lipinski definition) is 1. The Morgan fingerprint density at radius 1 is 1.21 bits per heavy atom. The van der Waals surface area contributed by atoms with Crippen LogP contribution in [0.1, 0.15) is 17.7 Å². The van der Waals surface area contributed by atoms with Crippen LogP contribution < -0.4 is 5.32 Å². The lowest BCUT2D eigenvalue weighted by molar-refractivity contribution is 0.110. The zero-order chi connectivity index (χ0) is 12.9. The van der Waals surface area contributed by atoms with Crippen molar-refractivity contribution in [2.45, 2.75) is 25.5 Å². The summed E-state index contributed by atoms with van der Waals surface area (Å²) < 4.78 is 5.61. The van der Waals surface area contributed by atoms with Gasteiger partial charge in [0.25, 0.3) is 0 Å². The third kappa shape index (κ3) is 3.44. The van der Waals surface area contributed by atoms with Gasteiger partial charge in [0, 0.05) is 24.6 Å². The highest BCUT2D eigenvalue weighted by atomic mass is 32.1. The van der Waals surface area contributed by atoms with E-state index in [1.807, 2.05) is 11.3 Å². The van der Waals surface area contributed by atoms with Crippen LogP contribution in [0.25, 0.3) is 11.1 Å². The van der Waals surface area contributed by atoms with Gasteiger partial charge in [0.15, 0.2) is 0 Å². The number of ether oxygens (including phenoxy) is 1. The molecule has 0 bridgehead atoms. The molecule has 1 saturated heterocycles. The van der Waals surface area contributed by atoms with E-state index in [4.69, 9.17) is 4.74 Å². The number of benzene rings is 1. The topological polar surface area (TPSA) is 21.3 Å². The fourth-order valence-electron chi connectivity index (χ4n) is 2.42. The van der Waals surface area contributed by atoms with Gasteiger partial charge < -0.3 is 10.1 Å². The lowest BCUT2D eigenvalue weighted by Gasteiger charge is -2.09. The summed E-state index contributed by atoms with van der Waals surface area (Å²) in [6, 6.07) is 12.8. The van der Waals surface area contributed by atoms with Crippen molar-refractivity contribution in [1.29, 1.82) is 0 Å². The van der Waals surface area contributed by atoms with Crippen molar-refractivity contribution in [2.75, 3.05) is 13.2 Å². The van der Waals surface area contributed by atoms with Gasteiger partial charge in [-0.1, -0.05) is 30.3 Å². The zero-order valence-corrected chi connectivity index (χ0v) is 11.8. The van der Waals surface area contributed by atoms with Gasteiger partial charge in [-0.2, -0.15) is 0 Å². The molecule has 1 atom stereocenters. The molecule has 3 heteroatoms. The van der Waals surface area contributed by atoms with Crippen molar-refractivity contribution >= 4 is 11.3 Å². The largest absolute Gasteiger partial charge is 0.377 e. The summed E-state index contributed by atoms with van der Waals surface area (Å²) in [5.74, 6) is 0. The molecule has 3 rings (SSSR count). The second kappa shape index (κ2) is 6.33. The number of thiophene rings is 1. The maximum absolute atomic E-state index is 5.61. The Kier molecular flexibility index (Phi) is 4.28. The van der Waals surface area contributed by atoms with Crippen LogP contribution in [-0.4, -0.2) is 19.3 Å². The summed E-state index contributed by atoms with van der Waals surface area (Å²) in [5.41, 5.74) is 2.61. The van der Waals surface area contributed by atoms with Gasteiger partial charge in [-0.05, 0) is 35.4 Å². The van der Waals surface area contributed by atoms with Gasteiger partial charge in [0.2, 0.25) is 0 Å².